The van der Waals surface area contributed by atoms with Crippen molar-refractivity contribution < 1.29 is 9.59 Å². The van der Waals surface area contributed by atoms with E-state index in [0.717, 1.165) is 6.54 Å². The summed E-state index contributed by atoms with van der Waals surface area (Å²) in [6.07, 6.45) is 2.45. The molecule has 0 aromatic carbocycles. The molecule has 2 rings (SSSR count). The molecule has 1 aromatic heterocycles. The van der Waals surface area contributed by atoms with Crippen LogP contribution in [0.5, 0.6) is 0 Å². The number of nitrogens with one attached hydrogen (secondary N) is 2. The van der Waals surface area contributed by atoms with Crippen LogP contribution in [-0.4, -0.2) is 50.0 Å². The van der Waals surface area contributed by atoms with Gasteiger partial charge in [0.2, 0.25) is 11.1 Å². The maximum Gasteiger partial charge on any atom is 0.318 e. The summed E-state index contributed by atoms with van der Waals surface area (Å²) in [5.41, 5.74) is 4.90. The molecule has 110 valence electrons. The molecular formula is C10H17N7O2S. The van der Waals surface area contributed by atoms with Gasteiger partial charge < -0.3 is 11.1 Å². The van der Waals surface area contributed by atoms with Gasteiger partial charge in [0.1, 0.15) is 0 Å². The molecule has 1 aromatic rings. The Balaban J connectivity index is 1.83. The SMILES string of the molecule is CC(Sc1nnnn1CCNC1CC1)C(=O)NC(N)=O. The molecule has 3 amide bonds. The van der Waals surface area contributed by atoms with Gasteiger partial charge in [-0.25, -0.2) is 9.48 Å². The highest BCUT2D eigenvalue weighted by Crippen LogP contribution is 2.20. The van der Waals surface area contributed by atoms with Crippen molar-refractivity contribution in [2.24, 2.45) is 5.73 Å². The molecule has 4 N–H and O–H groups in total. The third-order valence-electron chi connectivity index (χ3n) is 2.73. The highest BCUT2D eigenvalue weighted by atomic mass is 32.2. The van der Waals surface area contributed by atoms with Gasteiger partial charge in [0.25, 0.3) is 0 Å². The van der Waals surface area contributed by atoms with E-state index in [1.165, 1.54) is 24.6 Å². The Hall–Kier alpha value is -1.68. The zero-order valence-electron chi connectivity index (χ0n) is 11.1. The highest BCUT2D eigenvalue weighted by Gasteiger charge is 2.21. The second-order valence-electron chi connectivity index (χ2n) is 4.53. The minimum atomic E-state index is -0.865. The van der Waals surface area contributed by atoms with Crippen LogP contribution in [0.1, 0.15) is 19.8 Å². The largest absolute Gasteiger partial charge is 0.351 e. The highest BCUT2D eigenvalue weighted by molar-refractivity contribution is 8.00. The predicted molar refractivity (Wildman–Crippen MR) is 71.9 cm³/mol. The first-order chi connectivity index (χ1) is 9.56. The number of carbonyl (C=O) groups is 2. The fourth-order valence-corrected chi connectivity index (χ4v) is 2.33. The van der Waals surface area contributed by atoms with Crippen LogP contribution in [0.3, 0.4) is 0 Å². The Morgan fingerprint density at radius 3 is 2.95 bits per heavy atom. The maximum atomic E-state index is 11.6. The van der Waals surface area contributed by atoms with Crippen LogP contribution in [0, 0.1) is 0 Å². The molecule has 0 saturated heterocycles. The first-order valence-corrected chi connectivity index (χ1v) is 7.20. The Morgan fingerprint density at radius 2 is 2.30 bits per heavy atom. The van der Waals surface area contributed by atoms with E-state index in [9.17, 15) is 9.59 Å². The summed E-state index contributed by atoms with van der Waals surface area (Å²) in [6, 6.07) is -0.237. The number of amides is 3. The van der Waals surface area contributed by atoms with Crippen LogP contribution >= 0.6 is 11.8 Å². The van der Waals surface area contributed by atoms with Gasteiger partial charge in [0.15, 0.2) is 0 Å². The summed E-state index contributed by atoms with van der Waals surface area (Å²) >= 11 is 1.18. The Labute approximate surface area is 120 Å². The van der Waals surface area contributed by atoms with E-state index >= 15 is 0 Å². The molecule has 1 fully saturated rings. The molecule has 1 heterocycles. The van der Waals surface area contributed by atoms with Crippen LogP contribution in [0.25, 0.3) is 0 Å². The number of thioether (sulfide) groups is 1. The average molecular weight is 299 g/mol. The van der Waals surface area contributed by atoms with Crippen LogP contribution in [0.2, 0.25) is 0 Å². The number of urea groups is 1. The Bertz CT molecular complexity index is 488. The lowest BCUT2D eigenvalue weighted by Gasteiger charge is -2.09. The molecule has 1 aliphatic rings. The fourth-order valence-electron chi connectivity index (χ4n) is 1.52. The van der Waals surface area contributed by atoms with Crippen LogP contribution in [0.4, 0.5) is 4.79 Å². The predicted octanol–water partition coefficient (Wildman–Crippen LogP) is -0.899. The van der Waals surface area contributed by atoms with Crippen molar-refractivity contribution in [2.75, 3.05) is 6.54 Å². The number of rotatable bonds is 7. The van der Waals surface area contributed by atoms with E-state index in [2.05, 4.69) is 20.8 Å². The molecule has 0 radical (unpaired) electrons. The zero-order valence-corrected chi connectivity index (χ0v) is 11.9. The lowest BCUT2D eigenvalue weighted by molar-refractivity contribution is -0.119. The fraction of sp³-hybridized carbons (Fsp3) is 0.700. The number of carbonyl (C=O) groups excluding carboxylic acids is 2. The third kappa shape index (κ3) is 4.46. The number of nitrogens with zero attached hydrogens (tertiary/aromatic N) is 4. The van der Waals surface area contributed by atoms with Crippen molar-refractivity contribution in [3.8, 4) is 0 Å². The molecule has 1 unspecified atom stereocenters. The van der Waals surface area contributed by atoms with Crippen molar-refractivity contribution in [3.63, 3.8) is 0 Å². The van der Waals surface area contributed by atoms with Crippen LogP contribution < -0.4 is 16.4 Å². The van der Waals surface area contributed by atoms with Crippen LogP contribution in [0.15, 0.2) is 5.16 Å². The van der Waals surface area contributed by atoms with E-state index in [1.807, 2.05) is 5.32 Å². The summed E-state index contributed by atoms with van der Waals surface area (Å²) in [6.45, 7) is 3.07. The molecule has 0 spiro atoms. The van der Waals surface area contributed by atoms with Gasteiger partial charge in [0, 0.05) is 12.6 Å². The van der Waals surface area contributed by atoms with Crippen molar-refractivity contribution in [3.05, 3.63) is 0 Å². The normalized spacial score (nSPS) is 15.8. The first-order valence-electron chi connectivity index (χ1n) is 6.32. The Morgan fingerprint density at radius 1 is 1.55 bits per heavy atom. The number of tetrazole rings is 1. The minimum Gasteiger partial charge on any atom is -0.351 e. The van der Waals surface area contributed by atoms with Gasteiger partial charge in [-0.3, -0.25) is 10.1 Å². The van der Waals surface area contributed by atoms with Crippen molar-refractivity contribution in [2.45, 2.75) is 42.8 Å². The molecule has 0 bridgehead atoms. The topological polar surface area (TPSA) is 128 Å². The number of nitrogens with two attached hydrogens (primary N) is 1. The van der Waals surface area contributed by atoms with E-state index in [0.29, 0.717) is 17.7 Å². The second kappa shape index (κ2) is 6.66. The van der Waals surface area contributed by atoms with E-state index in [-0.39, 0.29) is 0 Å². The first kappa shape index (κ1) is 14.7. The molecule has 10 heteroatoms. The maximum absolute atomic E-state index is 11.6. The number of imide groups is 1. The lowest BCUT2D eigenvalue weighted by Crippen LogP contribution is -2.39. The third-order valence-corrected chi connectivity index (χ3v) is 3.80. The summed E-state index contributed by atoms with van der Waals surface area (Å²) in [4.78, 5) is 22.2. The standard InChI is InChI=1S/C10H17N7O2S/c1-6(8(18)13-9(11)19)20-10-14-15-16-17(10)5-4-12-7-2-3-7/h6-7,12H,2-5H2,1H3,(H3,11,13,18,19). The summed E-state index contributed by atoms with van der Waals surface area (Å²) < 4.78 is 1.63. The van der Waals surface area contributed by atoms with Gasteiger partial charge in [-0.2, -0.15) is 0 Å². The van der Waals surface area contributed by atoms with E-state index in [4.69, 9.17) is 5.73 Å². The smallest absolute Gasteiger partial charge is 0.318 e. The summed E-state index contributed by atoms with van der Waals surface area (Å²) in [5.74, 6) is -0.465. The molecule has 9 nitrogen and oxygen atoms in total. The van der Waals surface area contributed by atoms with Crippen molar-refractivity contribution in [1.29, 1.82) is 0 Å². The van der Waals surface area contributed by atoms with E-state index in [1.54, 1.807) is 11.6 Å². The lowest BCUT2D eigenvalue weighted by atomic mass is 10.4. The monoisotopic (exact) mass is 299 g/mol. The molecule has 0 aliphatic heterocycles. The van der Waals surface area contributed by atoms with Gasteiger partial charge in [-0.15, -0.1) is 5.10 Å². The molecule has 20 heavy (non-hydrogen) atoms. The molecule has 1 aliphatic carbocycles. The summed E-state index contributed by atoms with van der Waals surface area (Å²) in [5, 5.41) is 16.8. The number of hydrogen-bond acceptors (Lipinski definition) is 7. The summed E-state index contributed by atoms with van der Waals surface area (Å²) in [7, 11) is 0. The number of primary amides is 1. The molecular weight excluding hydrogens is 282 g/mol. The Kier molecular flexibility index (Phi) is 4.90. The average Bonchev–Trinajstić information content (AvgIpc) is 3.09. The van der Waals surface area contributed by atoms with Crippen molar-refractivity contribution in [1.82, 2.24) is 30.8 Å². The van der Waals surface area contributed by atoms with Crippen molar-refractivity contribution >= 4 is 23.7 Å². The van der Waals surface area contributed by atoms with Gasteiger partial charge in [0.05, 0.1) is 11.8 Å². The molecule has 1 atom stereocenters. The minimum absolute atomic E-state index is 0.465. The van der Waals surface area contributed by atoms with Gasteiger partial charge >= 0.3 is 6.03 Å². The quantitative estimate of drug-likeness (QED) is 0.557. The number of aromatic nitrogens is 4. The van der Waals surface area contributed by atoms with Gasteiger partial charge in [-0.05, 0) is 30.2 Å². The van der Waals surface area contributed by atoms with Gasteiger partial charge in [-0.1, -0.05) is 11.8 Å². The molecule has 1 saturated carbocycles. The number of hydrogen-bond donors (Lipinski definition) is 3. The second-order valence-corrected chi connectivity index (χ2v) is 5.83. The van der Waals surface area contributed by atoms with Crippen LogP contribution in [-0.2, 0) is 11.3 Å². The zero-order chi connectivity index (χ0) is 14.5. The van der Waals surface area contributed by atoms with E-state index < -0.39 is 17.2 Å².